The maximum Gasteiger partial charge on any atom is 0.126 e. The van der Waals surface area contributed by atoms with E-state index in [2.05, 4.69) is 11.1 Å². The van der Waals surface area contributed by atoms with E-state index < -0.39 is 0 Å². The normalized spacial score (nSPS) is 15.8. The molecule has 0 unspecified atom stereocenters. The van der Waals surface area contributed by atoms with Crippen molar-refractivity contribution in [2.24, 2.45) is 0 Å². The molecule has 1 heterocycles. The Hall–Kier alpha value is -1.05. The SMILES string of the molecule is Cc1cc2c(nc1N)CCCC2. The summed E-state index contributed by atoms with van der Waals surface area (Å²) in [5.74, 6) is 0.704. The molecular weight excluding hydrogens is 148 g/mol. The van der Waals surface area contributed by atoms with Crippen molar-refractivity contribution in [3.05, 3.63) is 22.9 Å². The van der Waals surface area contributed by atoms with Gasteiger partial charge in [-0.3, -0.25) is 0 Å². The van der Waals surface area contributed by atoms with E-state index in [-0.39, 0.29) is 0 Å². The van der Waals surface area contributed by atoms with Crippen LogP contribution in [0.1, 0.15) is 29.7 Å². The monoisotopic (exact) mass is 162 g/mol. The zero-order valence-corrected chi connectivity index (χ0v) is 7.43. The van der Waals surface area contributed by atoms with Gasteiger partial charge in [-0.1, -0.05) is 6.07 Å². The molecule has 0 aliphatic heterocycles. The molecule has 0 saturated heterocycles. The van der Waals surface area contributed by atoms with Crippen LogP contribution in [-0.4, -0.2) is 4.98 Å². The molecule has 0 amide bonds. The third kappa shape index (κ3) is 1.17. The van der Waals surface area contributed by atoms with E-state index in [0.717, 1.165) is 12.0 Å². The van der Waals surface area contributed by atoms with Crippen LogP contribution in [-0.2, 0) is 12.8 Å². The molecule has 0 radical (unpaired) electrons. The van der Waals surface area contributed by atoms with Gasteiger partial charge in [0.25, 0.3) is 0 Å². The number of anilines is 1. The number of nitrogens with two attached hydrogens (primary N) is 1. The molecule has 1 aliphatic rings. The van der Waals surface area contributed by atoms with Gasteiger partial charge in [-0.25, -0.2) is 4.98 Å². The van der Waals surface area contributed by atoms with Gasteiger partial charge in [0.2, 0.25) is 0 Å². The highest BCUT2D eigenvalue weighted by Crippen LogP contribution is 2.22. The summed E-state index contributed by atoms with van der Waals surface area (Å²) in [6.45, 7) is 2.03. The van der Waals surface area contributed by atoms with Gasteiger partial charge in [-0.2, -0.15) is 0 Å². The van der Waals surface area contributed by atoms with Crippen LogP contribution in [0.15, 0.2) is 6.07 Å². The summed E-state index contributed by atoms with van der Waals surface area (Å²) < 4.78 is 0. The van der Waals surface area contributed by atoms with Crippen LogP contribution in [0.4, 0.5) is 5.82 Å². The first-order chi connectivity index (χ1) is 5.77. The summed E-state index contributed by atoms with van der Waals surface area (Å²) in [6.07, 6.45) is 4.86. The minimum atomic E-state index is 0.704. The van der Waals surface area contributed by atoms with Crippen LogP contribution >= 0.6 is 0 Å². The van der Waals surface area contributed by atoms with Crippen LogP contribution in [0.5, 0.6) is 0 Å². The highest BCUT2D eigenvalue weighted by atomic mass is 14.8. The van der Waals surface area contributed by atoms with Crippen LogP contribution in [0.25, 0.3) is 0 Å². The predicted molar refractivity (Wildman–Crippen MR) is 50.0 cm³/mol. The fourth-order valence-electron chi connectivity index (χ4n) is 1.76. The topological polar surface area (TPSA) is 38.9 Å². The largest absolute Gasteiger partial charge is 0.383 e. The standard InChI is InChI=1S/C10H14N2/c1-7-6-8-4-2-3-5-9(8)12-10(7)11/h6H,2-5H2,1H3,(H2,11,12). The number of nitrogens with zero attached hydrogens (tertiary/aromatic N) is 1. The average molecular weight is 162 g/mol. The van der Waals surface area contributed by atoms with Gasteiger partial charge in [0.15, 0.2) is 0 Å². The molecule has 0 saturated carbocycles. The number of fused-ring (bicyclic) bond motifs is 1. The highest BCUT2D eigenvalue weighted by molar-refractivity contribution is 5.43. The molecule has 0 fully saturated rings. The molecule has 1 aliphatic carbocycles. The highest BCUT2D eigenvalue weighted by Gasteiger charge is 2.11. The Morgan fingerprint density at radius 2 is 2.08 bits per heavy atom. The van der Waals surface area contributed by atoms with Crippen molar-refractivity contribution >= 4 is 5.82 Å². The van der Waals surface area contributed by atoms with Crippen molar-refractivity contribution in [1.82, 2.24) is 4.98 Å². The van der Waals surface area contributed by atoms with Gasteiger partial charge in [0, 0.05) is 5.69 Å². The minimum absolute atomic E-state index is 0.704. The van der Waals surface area contributed by atoms with Gasteiger partial charge >= 0.3 is 0 Å². The summed E-state index contributed by atoms with van der Waals surface area (Å²) in [6, 6.07) is 2.19. The predicted octanol–water partition coefficient (Wildman–Crippen LogP) is 1.85. The van der Waals surface area contributed by atoms with Crippen LogP contribution in [0.3, 0.4) is 0 Å². The number of aryl methyl sites for hydroxylation is 3. The molecule has 2 N–H and O–H groups in total. The lowest BCUT2D eigenvalue weighted by Crippen LogP contribution is -2.08. The van der Waals surface area contributed by atoms with Gasteiger partial charge in [-0.15, -0.1) is 0 Å². The van der Waals surface area contributed by atoms with E-state index >= 15 is 0 Å². The second-order valence-electron chi connectivity index (χ2n) is 3.50. The molecule has 2 heteroatoms. The van der Waals surface area contributed by atoms with E-state index in [4.69, 9.17) is 5.73 Å². The van der Waals surface area contributed by atoms with Crippen molar-refractivity contribution in [3.8, 4) is 0 Å². The smallest absolute Gasteiger partial charge is 0.126 e. The summed E-state index contributed by atoms with van der Waals surface area (Å²) in [5, 5.41) is 0. The summed E-state index contributed by atoms with van der Waals surface area (Å²) >= 11 is 0. The van der Waals surface area contributed by atoms with E-state index in [1.807, 2.05) is 6.92 Å². The third-order valence-electron chi connectivity index (χ3n) is 2.53. The fraction of sp³-hybridized carbons (Fsp3) is 0.500. The molecule has 64 valence electrons. The zero-order chi connectivity index (χ0) is 8.55. The molecule has 1 aromatic rings. The molecule has 2 rings (SSSR count). The second-order valence-corrected chi connectivity index (χ2v) is 3.50. The van der Waals surface area contributed by atoms with Crippen molar-refractivity contribution < 1.29 is 0 Å². The quantitative estimate of drug-likeness (QED) is 0.632. The summed E-state index contributed by atoms with van der Waals surface area (Å²) in [5.41, 5.74) is 9.49. The molecule has 12 heavy (non-hydrogen) atoms. The third-order valence-corrected chi connectivity index (χ3v) is 2.53. The Morgan fingerprint density at radius 1 is 1.33 bits per heavy atom. The molecule has 0 spiro atoms. The number of hydrogen-bond acceptors (Lipinski definition) is 2. The summed E-state index contributed by atoms with van der Waals surface area (Å²) in [4.78, 5) is 4.39. The molecule has 1 aromatic heterocycles. The first-order valence-electron chi connectivity index (χ1n) is 4.52. The molecule has 0 atom stereocenters. The fourth-order valence-corrected chi connectivity index (χ4v) is 1.76. The van der Waals surface area contributed by atoms with Crippen LogP contribution < -0.4 is 5.73 Å². The first kappa shape index (κ1) is 7.59. The van der Waals surface area contributed by atoms with Gasteiger partial charge in [-0.05, 0) is 43.7 Å². The van der Waals surface area contributed by atoms with Crippen LogP contribution in [0.2, 0.25) is 0 Å². The Balaban J connectivity index is 2.49. The van der Waals surface area contributed by atoms with Crippen LogP contribution in [0, 0.1) is 6.92 Å². The number of nitrogen functional groups attached to an aromatic ring is 1. The van der Waals surface area contributed by atoms with Gasteiger partial charge < -0.3 is 5.73 Å². The van der Waals surface area contributed by atoms with Gasteiger partial charge in [0.1, 0.15) is 5.82 Å². The van der Waals surface area contributed by atoms with E-state index in [0.29, 0.717) is 5.82 Å². The lowest BCUT2D eigenvalue weighted by atomic mass is 9.95. The Labute approximate surface area is 72.8 Å². The average Bonchev–Trinajstić information content (AvgIpc) is 2.07. The minimum Gasteiger partial charge on any atom is -0.383 e. The van der Waals surface area contributed by atoms with E-state index in [1.54, 1.807) is 0 Å². The maximum atomic E-state index is 5.73. The van der Waals surface area contributed by atoms with Crippen molar-refractivity contribution in [2.45, 2.75) is 32.6 Å². The Morgan fingerprint density at radius 3 is 2.92 bits per heavy atom. The number of pyridine rings is 1. The Kier molecular flexibility index (Phi) is 1.75. The maximum absolute atomic E-state index is 5.73. The molecule has 2 nitrogen and oxygen atoms in total. The second kappa shape index (κ2) is 2.77. The number of hydrogen-bond donors (Lipinski definition) is 1. The zero-order valence-electron chi connectivity index (χ0n) is 7.43. The number of aromatic nitrogens is 1. The number of rotatable bonds is 0. The summed E-state index contributed by atoms with van der Waals surface area (Å²) in [7, 11) is 0. The van der Waals surface area contributed by atoms with Crippen molar-refractivity contribution in [2.75, 3.05) is 5.73 Å². The lowest BCUT2D eigenvalue weighted by Gasteiger charge is -2.15. The van der Waals surface area contributed by atoms with Crippen molar-refractivity contribution in [1.29, 1.82) is 0 Å². The van der Waals surface area contributed by atoms with E-state index in [9.17, 15) is 0 Å². The first-order valence-corrected chi connectivity index (χ1v) is 4.52. The Bertz CT molecular complexity index is 274. The van der Waals surface area contributed by atoms with E-state index in [1.165, 1.54) is 30.5 Å². The lowest BCUT2D eigenvalue weighted by molar-refractivity contribution is 0.668. The van der Waals surface area contributed by atoms with Crippen molar-refractivity contribution in [3.63, 3.8) is 0 Å². The molecular formula is C10H14N2. The molecule has 0 aromatic carbocycles. The van der Waals surface area contributed by atoms with Gasteiger partial charge in [0.05, 0.1) is 0 Å². The molecule has 0 bridgehead atoms.